The van der Waals surface area contributed by atoms with E-state index < -0.39 is 22.0 Å². The molecule has 0 heterocycles. The van der Waals surface area contributed by atoms with Gasteiger partial charge < -0.3 is 15.8 Å². The van der Waals surface area contributed by atoms with Crippen LogP contribution in [-0.2, 0) is 26.2 Å². The van der Waals surface area contributed by atoms with Gasteiger partial charge in [-0.05, 0) is 29.5 Å². The third-order valence-electron chi connectivity index (χ3n) is 4.85. The number of sulfonamides is 1. The third-order valence-corrected chi connectivity index (χ3v) is 6.37. The molecule has 0 spiro atoms. The van der Waals surface area contributed by atoms with Crippen molar-refractivity contribution in [3.63, 3.8) is 0 Å². The molecule has 0 unspecified atom stereocenters. The van der Waals surface area contributed by atoms with Crippen molar-refractivity contribution in [1.82, 2.24) is 10.0 Å². The molecular formula is C23H27N3O4S. The quantitative estimate of drug-likeness (QED) is 0.446. The Morgan fingerprint density at radius 3 is 2.39 bits per heavy atom. The molecule has 0 aliphatic carbocycles. The van der Waals surface area contributed by atoms with E-state index in [1.54, 1.807) is 24.3 Å². The predicted molar refractivity (Wildman–Crippen MR) is 121 cm³/mol. The molecule has 0 bridgehead atoms. The van der Waals surface area contributed by atoms with Crippen LogP contribution in [0.2, 0.25) is 0 Å². The molecule has 7 nitrogen and oxygen atoms in total. The zero-order chi connectivity index (χ0) is 22.3. The largest absolute Gasteiger partial charge is 0.375 e. The van der Waals surface area contributed by atoms with Crippen LogP contribution in [0.5, 0.6) is 0 Å². The molecule has 0 aliphatic heterocycles. The number of fused-ring (bicyclic) bond motifs is 1. The summed E-state index contributed by atoms with van der Waals surface area (Å²) in [4.78, 5) is 12.7. The van der Waals surface area contributed by atoms with Crippen LogP contribution in [-0.4, -0.2) is 40.1 Å². The molecule has 4 N–H and O–H groups in total. The lowest BCUT2D eigenvalue weighted by Gasteiger charge is -2.19. The van der Waals surface area contributed by atoms with Gasteiger partial charge in [-0.25, -0.2) is 8.42 Å². The van der Waals surface area contributed by atoms with Gasteiger partial charge in [-0.3, -0.25) is 4.79 Å². The fraction of sp³-hybridized carbons (Fsp3) is 0.261. The number of hydrogen-bond acceptors (Lipinski definition) is 5. The van der Waals surface area contributed by atoms with Crippen LogP contribution in [0.25, 0.3) is 10.8 Å². The van der Waals surface area contributed by atoms with Crippen LogP contribution < -0.4 is 15.8 Å². The molecule has 0 saturated heterocycles. The van der Waals surface area contributed by atoms with Gasteiger partial charge in [0, 0.05) is 18.5 Å². The van der Waals surface area contributed by atoms with Crippen LogP contribution >= 0.6 is 0 Å². The second kappa shape index (κ2) is 10.5. The summed E-state index contributed by atoms with van der Waals surface area (Å²) in [7, 11) is -3.99. The van der Waals surface area contributed by atoms with Crippen LogP contribution in [0.3, 0.4) is 0 Å². The maximum absolute atomic E-state index is 13.2. The monoisotopic (exact) mass is 441 g/mol. The maximum Gasteiger partial charge on any atom is 0.241 e. The molecule has 0 aromatic heterocycles. The smallest absolute Gasteiger partial charge is 0.241 e. The minimum atomic E-state index is -3.99. The van der Waals surface area contributed by atoms with Gasteiger partial charge in [0.25, 0.3) is 0 Å². The van der Waals surface area contributed by atoms with Crippen molar-refractivity contribution in [2.24, 2.45) is 5.73 Å². The highest BCUT2D eigenvalue weighted by atomic mass is 32.2. The summed E-state index contributed by atoms with van der Waals surface area (Å²) >= 11 is 0. The molecule has 0 fully saturated rings. The molecule has 0 aliphatic rings. The minimum absolute atomic E-state index is 0.117. The molecule has 1 atom stereocenters. The summed E-state index contributed by atoms with van der Waals surface area (Å²) in [6, 6.07) is 18.9. The molecule has 31 heavy (non-hydrogen) atoms. The first-order valence-corrected chi connectivity index (χ1v) is 11.5. The number of benzene rings is 3. The first-order valence-electron chi connectivity index (χ1n) is 10.0. The Hall–Kier alpha value is -2.78. The lowest BCUT2D eigenvalue weighted by atomic mass is 10.1. The number of nitrogens with two attached hydrogens (primary N) is 1. The van der Waals surface area contributed by atoms with Crippen molar-refractivity contribution < 1.29 is 17.9 Å². The van der Waals surface area contributed by atoms with Crippen molar-refractivity contribution >= 4 is 26.7 Å². The molecule has 164 valence electrons. The number of rotatable bonds is 10. The Labute approximate surface area is 182 Å². The summed E-state index contributed by atoms with van der Waals surface area (Å²) < 4.78 is 34.6. The summed E-state index contributed by atoms with van der Waals surface area (Å²) in [6.45, 7) is 2.56. The van der Waals surface area contributed by atoms with E-state index in [4.69, 9.17) is 10.5 Å². The topological polar surface area (TPSA) is 111 Å². The van der Waals surface area contributed by atoms with Crippen molar-refractivity contribution in [3.8, 4) is 0 Å². The zero-order valence-electron chi connectivity index (χ0n) is 17.4. The van der Waals surface area contributed by atoms with E-state index in [2.05, 4.69) is 10.0 Å². The molecule has 1 amide bonds. The lowest BCUT2D eigenvalue weighted by Crippen LogP contribution is -2.50. The molecule has 8 heteroatoms. The Kier molecular flexibility index (Phi) is 7.75. The summed E-state index contributed by atoms with van der Waals surface area (Å²) in [5, 5.41) is 4.07. The normalized spacial score (nSPS) is 12.6. The van der Waals surface area contributed by atoms with E-state index >= 15 is 0 Å². The van der Waals surface area contributed by atoms with E-state index in [1.165, 1.54) is 0 Å². The molecule has 0 saturated carbocycles. The number of hydrogen-bond donors (Lipinski definition) is 3. The third kappa shape index (κ3) is 5.89. The van der Waals surface area contributed by atoms with Crippen molar-refractivity contribution in [2.75, 3.05) is 19.7 Å². The highest BCUT2D eigenvalue weighted by Crippen LogP contribution is 2.26. The van der Waals surface area contributed by atoms with Gasteiger partial charge in [0.1, 0.15) is 6.04 Å². The number of carbonyl (C=O) groups excluding carboxylic acids is 1. The van der Waals surface area contributed by atoms with Gasteiger partial charge in [-0.1, -0.05) is 60.7 Å². The van der Waals surface area contributed by atoms with E-state index in [1.807, 2.05) is 49.4 Å². The number of aryl methyl sites for hydroxylation is 1. The Morgan fingerprint density at radius 1 is 1.00 bits per heavy atom. The minimum Gasteiger partial charge on any atom is -0.375 e. The highest BCUT2D eigenvalue weighted by Gasteiger charge is 2.27. The van der Waals surface area contributed by atoms with Crippen LogP contribution in [0, 0.1) is 6.92 Å². The van der Waals surface area contributed by atoms with Crippen molar-refractivity contribution in [3.05, 3.63) is 77.9 Å². The highest BCUT2D eigenvalue weighted by molar-refractivity contribution is 7.89. The van der Waals surface area contributed by atoms with Crippen LogP contribution in [0.15, 0.2) is 71.6 Å². The van der Waals surface area contributed by atoms with Crippen LogP contribution in [0.4, 0.5) is 0 Å². The van der Waals surface area contributed by atoms with Gasteiger partial charge in [0.05, 0.1) is 18.1 Å². The van der Waals surface area contributed by atoms with Crippen LogP contribution in [0.1, 0.15) is 11.1 Å². The predicted octanol–water partition coefficient (Wildman–Crippen LogP) is 2.09. The Bertz CT molecular complexity index is 1130. The number of amides is 1. The van der Waals surface area contributed by atoms with Gasteiger partial charge in [-0.2, -0.15) is 4.72 Å². The summed E-state index contributed by atoms with van der Waals surface area (Å²) in [5.74, 6) is -0.487. The van der Waals surface area contributed by atoms with Gasteiger partial charge in [0.2, 0.25) is 15.9 Å². The second-order valence-electron chi connectivity index (χ2n) is 7.18. The first kappa shape index (κ1) is 22.9. The SMILES string of the molecule is Cc1ccc(S(=O)(=O)N[C@H](COCc2ccccc2)C(=O)NCCN)c2ccccc12. The van der Waals surface area contributed by atoms with E-state index in [0.29, 0.717) is 5.39 Å². The Balaban J connectivity index is 1.82. The van der Waals surface area contributed by atoms with E-state index in [-0.39, 0.29) is 31.2 Å². The van der Waals surface area contributed by atoms with E-state index in [0.717, 1.165) is 16.5 Å². The average molecular weight is 442 g/mol. The summed E-state index contributed by atoms with van der Waals surface area (Å²) in [5.41, 5.74) is 7.36. The van der Waals surface area contributed by atoms with Gasteiger partial charge in [-0.15, -0.1) is 0 Å². The molecule has 3 rings (SSSR count). The molecule has 3 aromatic rings. The average Bonchev–Trinajstić information content (AvgIpc) is 2.77. The fourth-order valence-corrected chi connectivity index (χ4v) is 4.65. The lowest BCUT2D eigenvalue weighted by molar-refractivity contribution is -0.124. The second-order valence-corrected chi connectivity index (χ2v) is 8.86. The summed E-state index contributed by atoms with van der Waals surface area (Å²) in [6.07, 6.45) is 0. The van der Waals surface area contributed by atoms with Gasteiger partial charge in [0.15, 0.2) is 0 Å². The van der Waals surface area contributed by atoms with E-state index in [9.17, 15) is 13.2 Å². The Morgan fingerprint density at radius 2 is 1.68 bits per heavy atom. The number of ether oxygens (including phenoxy) is 1. The molecule has 3 aromatic carbocycles. The number of carbonyl (C=O) groups is 1. The zero-order valence-corrected chi connectivity index (χ0v) is 18.2. The first-order chi connectivity index (χ1) is 14.9. The van der Waals surface area contributed by atoms with Gasteiger partial charge >= 0.3 is 0 Å². The maximum atomic E-state index is 13.2. The fourth-order valence-electron chi connectivity index (χ4n) is 3.26. The standard InChI is InChI=1S/C23H27N3O4S/c1-17-11-12-22(20-10-6-5-9-19(17)20)31(28,29)26-21(23(27)25-14-13-24)16-30-15-18-7-3-2-4-8-18/h2-12,21,26H,13-16,24H2,1H3,(H,25,27)/t21-/m1/s1. The van der Waals surface area contributed by atoms with Crippen molar-refractivity contribution in [2.45, 2.75) is 24.5 Å². The van der Waals surface area contributed by atoms with Crippen molar-refractivity contribution in [1.29, 1.82) is 0 Å². The number of nitrogens with one attached hydrogen (secondary N) is 2. The molecule has 0 radical (unpaired) electrons. The molecular weight excluding hydrogens is 414 g/mol.